The molecule has 6 heteroatoms. The summed E-state index contributed by atoms with van der Waals surface area (Å²) in [5, 5.41) is 2.58. The van der Waals surface area contributed by atoms with Gasteiger partial charge in [0.2, 0.25) is 0 Å². The minimum absolute atomic E-state index is 0.0613. The first kappa shape index (κ1) is 14.3. The molecule has 3 rings (SSSR count). The molecule has 0 saturated carbocycles. The zero-order valence-corrected chi connectivity index (χ0v) is 11.9. The third-order valence-electron chi connectivity index (χ3n) is 3.50. The van der Waals surface area contributed by atoms with Gasteiger partial charge < -0.3 is 15.0 Å². The fourth-order valence-electron chi connectivity index (χ4n) is 2.37. The number of benzene rings is 1. The largest absolute Gasteiger partial charge is 0.488 e. The van der Waals surface area contributed by atoms with Crippen molar-refractivity contribution in [2.24, 2.45) is 0 Å². The summed E-state index contributed by atoms with van der Waals surface area (Å²) in [4.78, 5) is 17.7. The van der Waals surface area contributed by atoms with Crippen LogP contribution < -0.4 is 10.1 Å². The number of hydrogen-bond acceptors (Lipinski definition) is 3. The molecule has 1 aliphatic rings. The van der Waals surface area contributed by atoms with E-state index in [1.807, 2.05) is 0 Å². The number of hydrogen-bond donors (Lipinski definition) is 1. The number of amides is 2. The first-order valence-corrected chi connectivity index (χ1v) is 7.09. The average molecular weight is 301 g/mol. The van der Waals surface area contributed by atoms with Gasteiger partial charge in [-0.1, -0.05) is 12.1 Å². The molecule has 2 aromatic rings. The van der Waals surface area contributed by atoms with Crippen molar-refractivity contribution < 1.29 is 13.9 Å². The van der Waals surface area contributed by atoms with E-state index in [0.29, 0.717) is 13.1 Å². The van der Waals surface area contributed by atoms with Crippen LogP contribution in [-0.4, -0.2) is 35.1 Å². The highest BCUT2D eigenvalue weighted by molar-refractivity contribution is 5.89. The third-order valence-corrected chi connectivity index (χ3v) is 3.50. The minimum atomic E-state index is -0.445. The number of aromatic nitrogens is 1. The van der Waals surface area contributed by atoms with Gasteiger partial charge in [0.1, 0.15) is 17.7 Å². The second-order valence-corrected chi connectivity index (χ2v) is 5.07. The van der Waals surface area contributed by atoms with Crippen LogP contribution in [0.4, 0.5) is 14.9 Å². The molecule has 2 amide bonds. The van der Waals surface area contributed by atoms with E-state index in [2.05, 4.69) is 10.3 Å². The van der Waals surface area contributed by atoms with E-state index in [1.54, 1.807) is 41.6 Å². The number of rotatable bonds is 3. The summed E-state index contributed by atoms with van der Waals surface area (Å²) in [7, 11) is 0. The lowest BCUT2D eigenvalue weighted by Crippen LogP contribution is -2.34. The number of pyridine rings is 1. The molecule has 1 aromatic carbocycles. The average Bonchev–Trinajstić information content (AvgIpc) is 2.99. The molecule has 0 radical (unpaired) electrons. The number of carbonyl (C=O) groups excluding carboxylic acids is 1. The van der Waals surface area contributed by atoms with Gasteiger partial charge in [0.15, 0.2) is 0 Å². The van der Waals surface area contributed by atoms with Crippen molar-refractivity contribution in [2.45, 2.75) is 12.5 Å². The van der Waals surface area contributed by atoms with Crippen LogP contribution in [0.5, 0.6) is 5.75 Å². The van der Waals surface area contributed by atoms with E-state index in [-0.39, 0.29) is 17.8 Å². The fourth-order valence-corrected chi connectivity index (χ4v) is 2.37. The molecular weight excluding hydrogens is 285 g/mol. The lowest BCUT2D eigenvalue weighted by atomic mass is 10.3. The van der Waals surface area contributed by atoms with Crippen molar-refractivity contribution in [1.29, 1.82) is 0 Å². The van der Waals surface area contributed by atoms with Crippen molar-refractivity contribution in [2.75, 3.05) is 18.4 Å². The van der Waals surface area contributed by atoms with Crippen LogP contribution in [0.1, 0.15) is 6.42 Å². The van der Waals surface area contributed by atoms with E-state index in [1.165, 1.54) is 12.1 Å². The molecule has 22 heavy (non-hydrogen) atoms. The predicted molar refractivity (Wildman–Crippen MR) is 80.3 cm³/mol. The molecule has 0 bridgehead atoms. The topological polar surface area (TPSA) is 54.5 Å². The van der Waals surface area contributed by atoms with Crippen LogP contribution in [0.2, 0.25) is 0 Å². The number of nitrogens with zero attached hydrogens (tertiary/aromatic N) is 2. The van der Waals surface area contributed by atoms with E-state index in [9.17, 15) is 9.18 Å². The number of halogens is 1. The van der Waals surface area contributed by atoms with Crippen molar-refractivity contribution in [3.8, 4) is 5.75 Å². The summed E-state index contributed by atoms with van der Waals surface area (Å²) in [6.07, 6.45) is 4.00. The molecule has 1 aromatic heterocycles. The predicted octanol–water partition coefficient (Wildman–Crippen LogP) is 2.91. The van der Waals surface area contributed by atoms with Gasteiger partial charge in [0.05, 0.1) is 12.2 Å². The third kappa shape index (κ3) is 3.33. The van der Waals surface area contributed by atoms with Crippen molar-refractivity contribution >= 4 is 11.7 Å². The number of anilines is 1. The van der Waals surface area contributed by atoms with Gasteiger partial charge in [-0.25, -0.2) is 9.18 Å². The number of carbonyl (C=O) groups is 1. The number of likely N-dealkylation sites (tertiary alicyclic amines) is 1. The molecule has 1 atom stereocenters. The van der Waals surface area contributed by atoms with Crippen LogP contribution in [0, 0.1) is 5.82 Å². The number of urea groups is 1. The summed E-state index contributed by atoms with van der Waals surface area (Å²) in [5.74, 6) is 0.288. The van der Waals surface area contributed by atoms with Gasteiger partial charge in [-0.2, -0.15) is 0 Å². The molecule has 1 aliphatic heterocycles. The summed E-state index contributed by atoms with van der Waals surface area (Å²) in [6.45, 7) is 1.05. The van der Waals surface area contributed by atoms with Crippen LogP contribution in [0.25, 0.3) is 0 Å². The molecule has 0 spiro atoms. The Labute approximate surface area is 127 Å². The maximum atomic E-state index is 13.5. The Morgan fingerprint density at radius 1 is 1.27 bits per heavy atom. The second kappa shape index (κ2) is 6.43. The zero-order chi connectivity index (χ0) is 15.4. The normalized spacial score (nSPS) is 17.3. The highest BCUT2D eigenvalue weighted by atomic mass is 19.1. The van der Waals surface area contributed by atoms with E-state index in [4.69, 9.17) is 4.74 Å². The quantitative estimate of drug-likeness (QED) is 0.948. The minimum Gasteiger partial charge on any atom is -0.488 e. The van der Waals surface area contributed by atoms with Crippen LogP contribution in [0.15, 0.2) is 48.8 Å². The SMILES string of the molecule is O=C(Nc1ccccc1F)N1CCC(Oc2ccncc2)C1. The van der Waals surface area contributed by atoms with Gasteiger partial charge in [-0.15, -0.1) is 0 Å². The summed E-state index contributed by atoms with van der Waals surface area (Å²) in [6, 6.07) is 9.36. The van der Waals surface area contributed by atoms with E-state index < -0.39 is 5.82 Å². The van der Waals surface area contributed by atoms with Gasteiger partial charge in [-0.3, -0.25) is 4.98 Å². The maximum Gasteiger partial charge on any atom is 0.322 e. The van der Waals surface area contributed by atoms with Crippen molar-refractivity contribution in [3.05, 3.63) is 54.6 Å². The summed E-state index contributed by atoms with van der Waals surface area (Å²) >= 11 is 0. The highest BCUT2D eigenvalue weighted by Gasteiger charge is 2.28. The maximum absolute atomic E-state index is 13.5. The molecule has 1 saturated heterocycles. The van der Waals surface area contributed by atoms with Crippen LogP contribution >= 0.6 is 0 Å². The molecule has 114 valence electrons. The number of para-hydroxylation sites is 1. The molecule has 5 nitrogen and oxygen atoms in total. The standard InChI is InChI=1S/C16H16FN3O2/c17-14-3-1-2-4-15(14)19-16(21)20-10-7-13(11-20)22-12-5-8-18-9-6-12/h1-6,8-9,13H,7,10-11H2,(H,19,21). The Kier molecular flexibility index (Phi) is 4.18. The smallest absolute Gasteiger partial charge is 0.322 e. The summed E-state index contributed by atoms with van der Waals surface area (Å²) < 4.78 is 19.3. The Bertz CT molecular complexity index is 651. The van der Waals surface area contributed by atoms with Gasteiger partial charge in [0.25, 0.3) is 0 Å². The van der Waals surface area contributed by atoms with Crippen LogP contribution in [-0.2, 0) is 0 Å². The molecule has 1 unspecified atom stereocenters. The molecule has 1 fully saturated rings. The number of ether oxygens (including phenoxy) is 1. The Hall–Kier alpha value is -2.63. The van der Waals surface area contributed by atoms with Crippen LogP contribution in [0.3, 0.4) is 0 Å². The monoisotopic (exact) mass is 301 g/mol. The van der Waals surface area contributed by atoms with Gasteiger partial charge in [0, 0.05) is 25.4 Å². The van der Waals surface area contributed by atoms with Gasteiger partial charge >= 0.3 is 6.03 Å². The van der Waals surface area contributed by atoms with Crippen molar-refractivity contribution in [1.82, 2.24) is 9.88 Å². The Morgan fingerprint density at radius 2 is 2.05 bits per heavy atom. The summed E-state index contributed by atoms with van der Waals surface area (Å²) in [5.41, 5.74) is 0.186. The first-order chi connectivity index (χ1) is 10.7. The molecule has 2 heterocycles. The second-order valence-electron chi connectivity index (χ2n) is 5.07. The van der Waals surface area contributed by atoms with E-state index >= 15 is 0 Å². The fraction of sp³-hybridized carbons (Fsp3) is 0.250. The van der Waals surface area contributed by atoms with E-state index in [0.717, 1.165) is 12.2 Å². The Morgan fingerprint density at radius 3 is 2.82 bits per heavy atom. The van der Waals surface area contributed by atoms with Crippen molar-refractivity contribution in [3.63, 3.8) is 0 Å². The molecule has 1 N–H and O–H groups in total. The molecular formula is C16H16FN3O2. The lowest BCUT2D eigenvalue weighted by Gasteiger charge is -2.18. The molecule has 0 aliphatic carbocycles. The highest BCUT2D eigenvalue weighted by Crippen LogP contribution is 2.19. The first-order valence-electron chi connectivity index (χ1n) is 7.09. The zero-order valence-electron chi connectivity index (χ0n) is 11.9. The Balaban J connectivity index is 1.56. The lowest BCUT2D eigenvalue weighted by molar-refractivity contribution is 0.194. The van der Waals surface area contributed by atoms with Gasteiger partial charge in [-0.05, 0) is 24.3 Å². The number of nitrogens with one attached hydrogen (secondary N) is 1.